The first-order valence-corrected chi connectivity index (χ1v) is 10.1. The van der Waals surface area contributed by atoms with E-state index in [9.17, 15) is 9.59 Å². The average molecular weight is 386 g/mol. The molecule has 0 saturated heterocycles. The Hall–Kier alpha value is -3.20. The quantitative estimate of drug-likeness (QED) is 0.293. The van der Waals surface area contributed by atoms with E-state index in [2.05, 4.69) is 48.5 Å². The van der Waals surface area contributed by atoms with E-state index in [0.29, 0.717) is 23.5 Å². The molecular formula is C26H26O3. The molecule has 0 saturated carbocycles. The predicted octanol–water partition coefficient (Wildman–Crippen LogP) is 6.16. The third-order valence-corrected chi connectivity index (χ3v) is 4.98. The Bertz CT molecular complexity index is 914. The van der Waals surface area contributed by atoms with Gasteiger partial charge >= 0.3 is 0 Å². The largest absolute Gasteiger partial charge is 0.493 e. The summed E-state index contributed by atoms with van der Waals surface area (Å²) in [6.45, 7) is 0.576. The van der Waals surface area contributed by atoms with Crippen molar-refractivity contribution in [1.29, 1.82) is 0 Å². The van der Waals surface area contributed by atoms with Crippen LogP contribution in [-0.2, 0) is 6.42 Å². The standard InChI is InChI=1S/C26H26O3/c27-19-22-13-16-26(25(18-22)20-28)29-17-7-2-1-4-8-21-11-14-24(15-12-21)23-9-5-3-6-10-23/h3,5-6,9-16,18-20H,1-2,4,7-8,17H2. The van der Waals surface area contributed by atoms with E-state index in [1.165, 1.54) is 16.7 Å². The summed E-state index contributed by atoms with van der Waals surface area (Å²) in [4.78, 5) is 21.9. The average Bonchev–Trinajstić information content (AvgIpc) is 2.79. The zero-order valence-electron chi connectivity index (χ0n) is 16.6. The van der Waals surface area contributed by atoms with Gasteiger partial charge in [0.1, 0.15) is 12.0 Å². The van der Waals surface area contributed by atoms with Crippen LogP contribution < -0.4 is 4.74 Å². The number of rotatable bonds is 11. The molecule has 3 rings (SSSR count). The molecule has 148 valence electrons. The number of carbonyl (C=O) groups excluding carboxylic acids is 2. The Morgan fingerprint density at radius 2 is 1.41 bits per heavy atom. The van der Waals surface area contributed by atoms with Crippen molar-refractivity contribution in [1.82, 2.24) is 0 Å². The van der Waals surface area contributed by atoms with Gasteiger partial charge in [0, 0.05) is 5.56 Å². The molecule has 0 radical (unpaired) electrons. The maximum absolute atomic E-state index is 11.1. The third-order valence-electron chi connectivity index (χ3n) is 4.98. The van der Waals surface area contributed by atoms with Crippen LogP contribution >= 0.6 is 0 Å². The molecule has 0 fully saturated rings. The van der Waals surface area contributed by atoms with Crippen LogP contribution in [0.15, 0.2) is 72.8 Å². The van der Waals surface area contributed by atoms with Gasteiger partial charge < -0.3 is 4.74 Å². The molecule has 0 aromatic heterocycles. The first kappa shape index (κ1) is 20.5. The van der Waals surface area contributed by atoms with Crippen LogP contribution in [0.2, 0.25) is 0 Å². The Balaban J connectivity index is 1.34. The summed E-state index contributed by atoms with van der Waals surface area (Å²) in [5.74, 6) is 0.545. The highest BCUT2D eigenvalue weighted by Gasteiger charge is 2.04. The molecule has 0 aliphatic rings. The van der Waals surface area contributed by atoms with Crippen LogP contribution in [0.3, 0.4) is 0 Å². The fourth-order valence-corrected chi connectivity index (χ4v) is 3.33. The van der Waals surface area contributed by atoms with Gasteiger partial charge in [0.15, 0.2) is 6.29 Å². The lowest BCUT2D eigenvalue weighted by Crippen LogP contribution is -2.01. The Kier molecular flexibility index (Phi) is 7.76. The highest BCUT2D eigenvalue weighted by atomic mass is 16.5. The number of benzene rings is 3. The molecule has 0 atom stereocenters. The molecular weight excluding hydrogens is 360 g/mol. The van der Waals surface area contributed by atoms with Crippen LogP contribution in [0.4, 0.5) is 0 Å². The maximum atomic E-state index is 11.1. The second kappa shape index (κ2) is 11.0. The molecule has 0 spiro atoms. The summed E-state index contributed by atoms with van der Waals surface area (Å²) in [6.07, 6.45) is 6.87. The topological polar surface area (TPSA) is 43.4 Å². The van der Waals surface area contributed by atoms with Crippen LogP contribution in [0.5, 0.6) is 5.75 Å². The highest BCUT2D eigenvalue weighted by Crippen LogP contribution is 2.21. The van der Waals surface area contributed by atoms with Gasteiger partial charge in [-0.1, -0.05) is 67.4 Å². The molecule has 0 heterocycles. The fraction of sp³-hybridized carbons (Fsp3) is 0.231. The summed E-state index contributed by atoms with van der Waals surface area (Å²) in [6, 6.07) is 24.1. The molecule has 3 heteroatoms. The van der Waals surface area contributed by atoms with Gasteiger partial charge in [-0.25, -0.2) is 0 Å². The molecule has 29 heavy (non-hydrogen) atoms. The SMILES string of the molecule is O=Cc1ccc(OCCCCCCc2ccc(-c3ccccc3)cc2)c(C=O)c1. The monoisotopic (exact) mass is 386 g/mol. The maximum Gasteiger partial charge on any atom is 0.153 e. The Morgan fingerprint density at radius 3 is 2.14 bits per heavy atom. The van der Waals surface area contributed by atoms with Crippen molar-refractivity contribution in [3.8, 4) is 16.9 Å². The van der Waals surface area contributed by atoms with E-state index >= 15 is 0 Å². The van der Waals surface area contributed by atoms with Gasteiger partial charge in [0.05, 0.1) is 12.2 Å². The van der Waals surface area contributed by atoms with Crippen LogP contribution in [0, 0.1) is 0 Å². The first-order chi connectivity index (χ1) is 14.3. The third kappa shape index (κ3) is 6.15. The summed E-state index contributed by atoms with van der Waals surface area (Å²) in [5, 5.41) is 0. The number of carbonyl (C=O) groups is 2. The normalized spacial score (nSPS) is 10.5. The second-order valence-corrected chi connectivity index (χ2v) is 7.11. The summed E-state index contributed by atoms with van der Waals surface area (Å²) >= 11 is 0. The number of ether oxygens (including phenoxy) is 1. The Morgan fingerprint density at radius 1 is 0.690 bits per heavy atom. The summed E-state index contributed by atoms with van der Waals surface area (Å²) in [5.41, 5.74) is 4.77. The van der Waals surface area contributed by atoms with Crippen LogP contribution in [-0.4, -0.2) is 19.2 Å². The lowest BCUT2D eigenvalue weighted by Gasteiger charge is -2.09. The van der Waals surface area contributed by atoms with Gasteiger partial charge in [-0.3, -0.25) is 9.59 Å². The molecule has 0 aliphatic carbocycles. The molecule has 0 amide bonds. The summed E-state index contributed by atoms with van der Waals surface area (Å²) < 4.78 is 5.70. The molecule has 0 bridgehead atoms. The van der Waals surface area contributed by atoms with Crippen LogP contribution in [0.1, 0.15) is 52.0 Å². The van der Waals surface area contributed by atoms with Crippen molar-refractivity contribution < 1.29 is 14.3 Å². The van der Waals surface area contributed by atoms with Gasteiger partial charge in [0.25, 0.3) is 0 Å². The minimum absolute atomic E-state index is 0.425. The van der Waals surface area contributed by atoms with Gasteiger partial charge in [0.2, 0.25) is 0 Å². The number of hydrogen-bond acceptors (Lipinski definition) is 3. The van der Waals surface area contributed by atoms with E-state index in [1.54, 1.807) is 18.2 Å². The van der Waals surface area contributed by atoms with Gasteiger partial charge in [-0.05, 0) is 54.2 Å². The lowest BCUT2D eigenvalue weighted by molar-refractivity contribution is 0.111. The predicted molar refractivity (Wildman–Crippen MR) is 117 cm³/mol. The number of unbranched alkanes of at least 4 members (excludes halogenated alkanes) is 3. The first-order valence-electron chi connectivity index (χ1n) is 10.1. The summed E-state index contributed by atoms with van der Waals surface area (Å²) in [7, 11) is 0. The van der Waals surface area contributed by atoms with E-state index < -0.39 is 0 Å². The lowest BCUT2D eigenvalue weighted by atomic mass is 10.0. The molecule has 3 aromatic rings. The zero-order chi connectivity index (χ0) is 20.3. The van der Waals surface area contributed by atoms with Gasteiger partial charge in [-0.15, -0.1) is 0 Å². The van der Waals surface area contributed by atoms with E-state index in [1.807, 2.05) is 6.07 Å². The van der Waals surface area contributed by atoms with Crippen molar-refractivity contribution in [2.45, 2.75) is 32.1 Å². The van der Waals surface area contributed by atoms with Crippen molar-refractivity contribution >= 4 is 12.6 Å². The minimum Gasteiger partial charge on any atom is -0.493 e. The van der Waals surface area contributed by atoms with Crippen molar-refractivity contribution in [3.63, 3.8) is 0 Å². The van der Waals surface area contributed by atoms with Crippen molar-refractivity contribution in [3.05, 3.63) is 89.5 Å². The molecule has 0 unspecified atom stereocenters. The molecule has 3 aromatic carbocycles. The Labute approximate surface area is 172 Å². The smallest absolute Gasteiger partial charge is 0.153 e. The van der Waals surface area contributed by atoms with Crippen molar-refractivity contribution in [2.24, 2.45) is 0 Å². The molecule has 3 nitrogen and oxygen atoms in total. The van der Waals surface area contributed by atoms with Crippen molar-refractivity contribution in [2.75, 3.05) is 6.61 Å². The number of hydrogen-bond donors (Lipinski definition) is 0. The zero-order valence-corrected chi connectivity index (χ0v) is 16.6. The van der Waals surface area contributed by atoms with E-state index in [4.69, 9.17) is 4.74 Å². The van der Waals surface area contributed by atoms with E-state index in [-0.39, 0.29) is 0 Å². The molecule has 0 aliphatic heterocycles. The van der Waals surface area contributed by atoms with E-state index in [0.717, 1.165) is 44.7 Å². The van der Waals surface area contributed by atoms with Gasteiger partial charge in [-0.2, -0.15) is 0 Å². The number of aryl methyl sites for hydroxylation is 1. The fourth-order valence-electron chi connectivity index (χ4n) is 3.33. The highest BCUT2D eigenvalue weighted by molar-refractivity contribution is 5.84. The van der Waals surface area contributed by atoms with Crippen LogP contribution in [0.25, 0.3) is 11.1 Å². The second-order valence-electron chi connectivity index (χ2n) is 7.11. The minimum atomic E-state index is 0.425. The number of aldehydes is 2. The molecule has 0 N–H and O–H groups in total.